The lowest BCUT2D eigenvalue weighted by Crippen LogP contribution is -2.47. The van der Waals surface area contributed by atoms with E-state index in [-0.39, 0.29) is 38.2 Å². The number of urea groups is 1. The summed E-state index contributed by atoms with van der Waals surface area (Å²) in [6, 6.07) is -1.27. The minimum Gasteiger partial charge on any atom is -0.383 e. The number of carbonyl (C=O) groups is 1. The zero-order valence-corrected chi connectivity index (χ0v) is 14.4. The Balaban J connectivity index is 2.88. The van der Waals surface area contributed by atoms with E-state index in [2.05, 4.69) is 0 Å². The van der Waals surface area contributed by atoms with E-state index in [0.29, 0.717) is 0 Å². The van der Waals surface area contributed by atoms with Crippen LogP contribution in [-0.4, -0.2) is 74.1 Å². The first-order valence-electron chi connectivity index (χ1n) is 7.70. The Morgan fingerprint density at radius 3 is 2.35 bits per heavy atom. The number of carbonyl (C=O) groups excluding carboxylic acids is 1. The molecule has 5 nitrogen and oxygen atoms in total. The van der Waals surface area contributed by atoms with Gasteiger partial charge >= 0.3 is 12.2 Å². The fraction of sp³-hybridized carbons (Fsp3) is 0.933. The number of ether oxygens (including phenoxy) is 2. The van der Waals surface area contributed by atoms with Crippen LogP contribution >= 0.6 is 0 Å². The molecule has 1 rings (SSSR count). The van der Waals surface area contributed by atoms with Crippen LogP contribution in [0.1, 0.15) is 27.2 Å². The molecule has 2 amide bonds. The Morgan fingerprint density at radius 2 is 1.91 bits per heavy atom. The molecule has 0 N–H and O–H groups in total. The highest BCUT2D eigenvalue weighted by atomic mass is 19.4. The van der Waals surface area contributed by atoms with E-state index < -0.39 is 24.2 Å². The lowest BCUT2D eigenvalue weighted by atomic mass is 9.91. The van der Waals surface area contributed by atoms with Crippen molar-refractivity contribution in [2.45, 2.75) is 45.0 Å². The highest BCUT2D eigenvalue weighted by Crippen LogP contribution is 2.31. The van der Waals surface area contributed by atoms with Crippen LogP contribution in [0.5, 0.6) is 0 Å². The molecule has 136 valence electrons. The average molecular weight is 340 g/mol. The Labute approximate surface area is 135 Å². The van der Waals surface area contributed by atoms with Crippen LogP contribution < -0.4 is 0 Å². The van der Waals surface area contributed by atoms with Gasteiger partial charge in [0.1, 0.15) is 0 Å². The van der Waals surface area contributed by atoms with Crippen molar-refractivity contribution in [2.75, 3.05) is 40.5 Å². The van der Waals surface area contributed by atoms with E-state index in [4.69, 9.17) is 9.47 Å². The molecule has 0 spiro atoms. The van der Waals surface area contributed by atoms with E-state index in [1.807, 2.05) is 20.8 Å². The summed E-state index contributed by atoms with van der Waals surface area (Å²) < 4.78 is 48.7. The van der Waals surface area contributed by atoms with Gasteiger partial charge in [-0.05, 0) is 12.8 Å². The summed E-state index contributed by atoms with van der Waals surface area (Å²) in [6.45, 7) is 6.45. The van der Waals surface area contributed by atoms with Crippen LogP contribution in [0.25, 0.3) is 0 Å². The lowest BCUT2D eigenvalue weighted by molar-refractivity contribution is -0.143. The van der Waals surface area contributed by atoms with Crippen LogP contribution in [0.4, 0.5) is 18.0 Å². The second kappa shape index (κ2) is 7.70. The van der Waals surface area contributed by atoms with E-state index in [0.717, 1.165) is 0 Å². The predicted octanol–water partition coefficient (Wildman–Crippen LogP) is 2.75. The molecule has 1 aliphatic rings. The molecule has 1 saturated heterocycles. The minimum absolute atomic E-state index is 0.0493. The molecular weight excluding hydrogens is 313 g/mol. The fourth-order valence-corrected chi connectivity index (χ4v) is 2.67. The van der Waals surface area contributed by atoms with Gasteiger partial charge in [0, 0.05) is 27.3 Å². The van der Waals surface area contributed by atoms with Gasteiger partial charge in [-0.2, -0.15) is 13.2 Å². The molecule has 0 aromatic rings. The van der Waals surface area contributed by atoms with Gasteiger partial charge in [-0.25, -0.2) is 4.79 Å². The Bertz CT molecular complexity index is 404. The smallest absolute Gasteiger partial charge is 0.383 e. The second-order valence-corrected chi connectivity index (χ2v) is 6.49. The molecule has 0 aromatic carbocycles. The molecule has 2 atom stereocenters. The standard InChI is InChI=1S/C15H27F3N2O3/c1-11(2)14(3,23-5)10-19-9-12(8-15(16,17)18)20(13(19)21)6-7-22-4/h11-12H,6-10H2,1-5H3. The van der Waals surface area contributed by atoms with E-state index in [9.17, 15) is 18.0 Å². The van der Waals surface area contributed by atoms with Crippen molar-refractivity contribution < 1.29 is 27.4 Å². The maximum atomic E-state index is 12.8. The summed E-state index contributed by atoms with van der Waals surface area (Å²) in [5, 5.41) is 0. The number of rotatable bonds is 8. The van der Waals surface area contributed by atoms with Gasteiger partial charge in [0.05, 0.1) is 31.2 Å². The first kappa shape index (κ1) is 20.0. The molecule has 8 heteroatoms. The van der Waals surface area contributed by atoms with Crippen LogP contribution in [0.3, 0.4) is 0 Å². The number of amides is 2. The maximum Gasteiger partial charge on any atom is 0.391 e. The molecule has 1 heterocycles. The van der Waals surface area contributed by atoms with Crippen molar-refractivity contribution in [1.29, 1.82) is 0 Å². The van der Waals surface area contributed by atoms with Crippen molar-refractivity contribution in [3.63, 3.8) is 0 Å². The summed E-state index contributed by atoms with van der Waals surface area (Å²) >= 11 is 0. The van der Waals surface area contributed by atoms with Gasteiger partial charge in [0.15, 0.2) is 0 Å². The van der Waals surface area contributed by atoms with Gasteiger partial charge in [-0.15, -0.1) is 0 Å². The van der Waals surface area contributed by atoms with Crippen molar-refractivity contribution in [1.82, 2.24) is 9.80 Å². The summed E-state index contributed by atoms with van der Waals surface area (Å²) in [4.78, 5) is 15.2. The molecule has 0 aliphatic carbocycles. The maximum absolute atomic E-state index is 12.8. The van der Waals surface area contributed by atoms with E-state index in [1.54, 1.807) is 7.11 Å². The number of halogens is 3. The largest absolute Gasteiger partial charge is 0.391 e. The summed E-state index contributed by atoms with van der Waals surface area (Å²) in [5.41, 5.74) is -0.601. The molecule has 0 saturated carbocycles. The van der Waals surface area contributed by atoms with Crippen LogP contribution in [0.2, 0.25) is 0 Å². The molecule has 23 heavy (non-hydrogen) atoms. The number of nitrogens with zero attached hydrogens (tertiary/aromatic N) is 2. The van der Waals surface area contributed by atoms with Crippen LogP contribution in [0, 0.1) is 5.92 Å². The van der Waals surface area contributed by atoms with Crippen molar-refractivity contribution in [3.05, 3.63) is 0 Å². The van der Waals surface area contributed by atoms with Gasteiger partial charge in [-0.3, -0.25) is 0 Å². The third-order valence-electron chi connectivity index (χ3n) is 4.58. The number of methoxy groups -OCH3 is 2. The highest BCUT2D eigenvalue weighted by Gasteiger charge is 2.45. The normalized spacial score (nSPS) is 22.1. The minimum atomic E-state index is -4.31. The van der Waals surface area contributed by atoms with E-state index >= 15 is 0 Å². The van der Waals surface area contributed by atoms with Crippen molar-refractivity contribution in [3.8, 4) is 0 Å². The molecule has 0 bridgehead atoms. The molecular formula is C15H27F3N2O3. The average Bonchev–Trinajstić information content (AvgIpc) is 2.70. The van der Waals surface area contributed by atoms with Gasteiger partial charge in [0.25, 0.3) is 0 Å². The number of alkyl halides is 3. The first-order valence-corrected chi connectivity index (χ1v) is 7.70. The molecule has 0 radical (unpaired) electrons. The van der Waals surface area contributed by atoms with Crippen LogP contribution in [0.15, 0.2) is 0 Å². The van der Waals surface area contributed by atoms with Gasteiger partial charge in [-0.1, -0.05) is 13.8 Å². The Hall–Kier alpha value is -1.02. The fourth-order valence-electron chi connectivity index (χ4n) is 2.67. The highest BCUT2D eigenvalue weighted by molar-refractivity contribution is 5.77. The van der Waals surface area contributed by atoms with Gasteiger partial charge in [0.2, 0.25) is 0 Å². The summed E-state index contributed by atoms with van der Waals surface area (Å²) in [7, 11) is 3.01. The molecule has 2 unspecified atom stereocenters. The zero-order chi connectivity index (χ0) is 17.8. The SMILES string of the molecule is COCCN1C(=O)N(CC(C)(OC)C(C)C)CC1CC(F)(F)F. The lowest BCUT2D eigenvalue weighted by Gasteiger charge is -2.35. The van der Waals surface area contributed by atoms with Gasteiger partial charge < -0.3 is 19.3 Å². The summed E-state index contributed by atoms with van der Waals surface area (Å²) in [6.07, 6.45) is -5.32. The van der Waals surface area contributed by atoms with Crippen molar-refractivity contribution in [2.24, 2.45) is 5.92 Å². The molecule has 0 aromatic heterocycles. The summed E-state index contributed by atoms with van der Waals surface area (Å²) in [5.74, 6) is 0.120. The molecule has 1 aliphatic heterocycles. The third kappa shape index (κ3) is 5.24. The predicted molar refractivity (Wildman–Crippen MR) is 80.3 cm³/mol. The first-order chi connectivity index (χ1) is 10.5. The Kier molecular flexibility index (Phi) is 6.70. The zero-order valence-electron chi connectivity index (χ0n) is 14.4. The second-order valence-electron chi connectivity index (χ2n) is 6.49. The topological polar surface area (TPSA) is 42.0 Å². The monoisotopic (exact) mass is 340 g/mol. The van der Waals surface area contributed by atoms with E-state index in [1.165, 1.54) is 16.9 Å². The number of hydrogen-bond donors (Lipinski definition) is 0. The van der Waals surface area contributed by atoms with Crippen LogP contribution in [-0.2, 0) is 9.47 Å². The Morgan fingerprint density at radius 1 is 1.30 bits per heavy atom. The quantitative estimate of drug-likeness (QED) is 0.682. The molecule has 1 fully saturated rings. The third-order valence-corrected chi connectivity index (χ3v) is 4.58. The van der Waals surface area contributed by atoms with Crippen molar-refractivity contribution >= 4 is 6.03 Å². The number of hydrogen-bond acceptors (Lipinski definition) is 3.